The van der Waals surface area contributed by atoms with Gasteiger partial charge in [0.25, 0.3) is 11.6 Å². The third kappa shape index (κ3) is 4.81. The number of esters is 1. The van der Waals surface area contributed by atoms with Crippen LogP contribution in [0.4, 0.5) is 24.5 Å². The van der Waals surface area contributed by atoms with E-state index in [1.807, 2.05) is 0 Å². The van der Waals surface area contributed by atoms with E-state index in [-0.39, 0.29) is 17.1 Å². The van der Waals surface area contributed by atoms with Crippen molar-refractivity contribution in [2.45, 2.75) is 50.2 Å². The van der Waals surface area contributed by atoms with Crippen LogP contribution in [0.5, 0.6) is 0 Å². The number of alkyl halides is 3. The van der Waals surface area contributed by atoms with Gasteiger partial charge in [-0.3, -0.25) is 19.7 Å². The molecule has 2 N–H and O–H groups in total. The molecule has 0 heterocycles. The van der Waals surface area contributed by atoms with E-state index in [1.54, 1.807) is 0 Å². The molecule has 4 aliphatic rings. The zero-order valence-electron chi connectivity index (χ0n) is 17.2. The van der Waals surface area contributed by atoms with Crippen LogP contribution < -0.4 is 10.6 Å². The number of benzene rings is 1. The van der Waals surface area contributed by atoms with E-state index >= 15 is 0 Å². The average Bonchev–Trinajstić information content (AvgIpc) is 2.68. The van der Waals surface area contributed by atoms with E-state index < -0.39 is 41.5 Å². The Morgan fingerprint density at radius 2 is 1.72 bits per heavy atom. The number of halogens is 3. The smallest absolute Gasteiger partial charge is 0.416 e. The fourth-order valence-electron chi connectivity index (χ4n) is 5.97. The first-order chi connectivity index (χ1) is 15.0. The Hall–Kier alpha value is -2.85. The van der Waals surface area contributed by atoms with Crippen molar-refractivity contribution in [1.82, 2.24) is 5.32 Å². The molecule has 0 radical (unpaired) electrons. The molecule has 4 aliphatic carbocycles. The number of hydrogen-bond acceptors (Lipinski definition) is 6. The standard InChI is InChI=1S/C21H24F3N3O5/c22-21(23,24)15-1-2-16(17(6-15)27(30)31)25-10-19(29)32-11-18(28)26-20-7-12-3-13(8-20)5-14(4-12)9-20/h1-2,6,12-14,25H,3-5,7-11H2,(H,26,28). The highest BCUT2D eigenvalue weighted by molar-refractivity contribution is 5.83. The highest BCUT2D eigenvalue weighted by atomic mass is 19.4. The van der Waals surface area contributed by atoms with Gasteiger partial charge in [-0.2, -0.15) is 13.2 Å². The number of amides is 1. The Labute approximate surface area is 182 Å². The number of hydrogen-bond donors (Lipinski definition) is 2. The maximum atomic E-state index is 12.8. The second-order valence-electron chi connectivity index (χ2n) is 9.25. The molecule has 11 heteroatoms. The molecular formula is C21H24F3N3O5. The first kappa shape index (κ1) is 22.3. The lowest BCUT2D eigenvalue weighted by Crippen LogP contribution is -2.60. The maximum absolute atomic E-state index is 12.8. The summed E-state index contributed by atoms with van der Waals surface area (Å²) >= 11 is 0. The van der Waals surface area contributed by atoms with Gasteiger partial charge in [0.05, 0.1) is 10.5 Å². The van der Waals surface area contributed by atoms with Crippen molar-refractivity contribution in [3.63, 3.8) is 0 Å². The molecular weight excluding hydrogens is 431 g/mol. The molecule has 4 fully saturated rings. The Morgan fingerprint density at radius 1 is 1.12 bits per heavy atom. The molecule has 174 valence electrons. The number of carbonyl (C=O) groups excluding carboxylic acids is 2. The third-order valence-corrected chi connectivity index (χ3v) is 6.75. The van der Waals surface area contributed by atoms with Crippen LogP contribution in [0.25, 0.3) is 0 Å². The van der Waals surface area contributed by atoms with Crippen molar-refractivity contribution in [2.24, 2.45) is 17.8 Å². The van der Waals surface area contributed by atoms with Crippen LogP contribution in [0.2, 0.25) is 0 Å². The van der Waals surface area contributed by atoms with Gasteiger partial charge in [0.15, 0.2) is 6.61 Å². The summed E-state index contributed by atoms with van der Waals surface area (Å²) < 4.78 is 43.3. The number of nitro groups is 1. The minimum Gasteiger partial charge on any atom is -0.454 e. The van der Waals surface area contributed by atoms with Crippen molar-refractivity contribution in [2.75, 3.05) is 18.5 Å². The summed E-state index contributed by atoms with van der Waals surface area (Å²) in [4.78, 5) is 34.5. The first-order valence-corrected chi connectivity index (χ1v) is 10.6. The lowest BCUT2D eigenvalue weighted by atomic mass is 9.53. The third-order valence-electron chi connectivity index (χ3n) is 6.75. The molecule has 0 spiro atoms. The van der Waals surface area contributed by atoms with Gasteiger partial charge in [0, 0.05) is 11.6 Å². The van der Waals surface area contributed by atoms with Gasteiger partial charge in [-0.1, -0.05) is 0 Å². The maximum Gasteiger partial charge on any atom is 0.416 e. The number of nitrogens with zero attached hydrogens (tertiary/aromatic N) is 1. The summed E-state index contributed by atoms with van der Waals surface area (Å²) in [7, 11) is 0. The number of ether oxygens (including phenoxy) is 1. The Kier molecular flexibility index (Phi) is 5.76. The van der Waals surface area contributed by atoms with Crippen LogP contribution in [0, 0.1) is 27.9 Å². The van der Waals surface area contributed by atoms with Crippen LogP contribution in [0.1, 0.15) is 44.1 Å². The fourth-order valence-corrected chi connectivity index (χ4v) is 5.97. The van der Waals surface area contributed by atoms with Gasteiger partial charge in [-0.25, -0.2) is 0 Å². The monoisotopic (exact) mass is 455 g/mol. The normalized spacial score (nSPS) is 28.3. The molecule has 8 nitrogen and oxygen atoms in total. The molecule has 1 aromatic rings. The zero-order valence-corrected chi connectivity index (χ0v) is 17.2. The lowest BCUT2D eigenvalue weighted by Gasteiger charge is -2.56. The van der Waals surface area contributed by atoms with Gasteiger partial charge in [0.1, 0.15) is 12.2 Å². The summed E-state index contributed by atoms with van der Waals surface area (Å²) in [5, 5.41) is 16.6. The van der Waals surface area contributed by atoms with Crippen molar-refractivity contribution in [3.8, 4) is 0 Å². The Balaban J connectivity index is 1.27. The Morgan fingerprint density at radius 3 is 2.25 bits per heavy atom. The molecule has 4 bridgehead atoms. The molecule has 0 unspecified atom stereocenters. The van der Waals surface area contributed by atoms with Crippen molar-refractivity contribution in [3.05, 3.63) is 33.9 Å². The van der Waals surface area contributed by atoms with E-state index in [0.717, 1.165) is 25.3 Å². The molecule has 1 amide bonds. The Bertz CT molecular complexity index is 898. The van der Waals surface area contributed by atoms with Gasteiger partial charge >= 0.3 is 12.1 Å². The van der Waals surface area contributed by atoms with Crippen molar-refractivity contribution >= 4 is 23.3 Å². The van der Waals surface area contributed by atoms with E-state index in [2.05, 4.69) is 10.6 Å². The van der Waals surface area contributed by atoms with Crippen LogP contribution >= 0.6 is 0 Å². The minimum absolute atomic E-state index is 0.211. The topological polar surface area (TPSA) is 111 Å². The number of carbonyl (C=O) groups is 2. The molecule has 4 saturated carbocycles. The number of rotatable bonds is 7. The second-order valence-corrected chi connectivity index (χ2v) is 9.25. The van der Waals surface area contributed by atoms with Gasteiger partial charge in [-0.05, 0) is 68.4 Å². The van der Waals surface area contributed by atoms with E-state index in [1.165, 1.54) is 19.3 Å². The summed E-state index contributed by atoms with van der Waals surface area (Å²) in [5.74, 6) is 0.703. The van der Waals surface area contributed by atoms with Gasteiger partial charge in [0.2, 0.25) is 0 Å². The zero-order chi connectivity index (χ0) is 23.1. The molecule has 1 aromatic carbocycles. The van der Waals surface area contributed by atoms with Crippen LogP contribution in [-0.2, 0) is 20.5 Å². The van der Waals surface area contributed by atoms with E-state index in [9.17, 15) is 32.9 Å². The number of nitrogens with one attached hydrogen (secondary N) is 2. The van der Waals surface area contributed by atoms with E-state index in [0.29, 0.717) is 29.9 Å². The van der Waals surface area contributed by atoms with Gasteiger partial charge in [-0.15, -0.1) is 0 Å². The molecule has 0 aromatic heterocycles. The predicted molar refractivity (Wildman–Crippen MR) is 107 cm³/mol. The molecule has 5 rings (SSSR count). The SMILES string of the molecule is O=C(COC(=O)CNc1ccc(C(F)(F)F)cc1[N+](=O)[O-])NC12CC3CC(CC(C3)C1)C2. The average molecular weight is 455 g/mol. The largest absolute Gasteiger partial charge is 0.454 e. The van der Waals surface area contributed by atoms with Crippen molar-refractivity contribution in [1.29, 1.82) is 0 Å². The molecule has 32 heavy (non-hydrogen) atoms. The predicted octanol–water partition coefficient (Wildman–Crippen LogP) is 3.65. The summed E-state index contributed by atoms with van der Waals surface area (Å²) in [5.41, 5.74) is -2.44. The van der Waals surface area contributed by atoms with Crippen LogP contribution in [0.15, 0.2) is 18.2 Å². The van der Waals surface area contributed by atoms with E-state index in [4.69, 9.17) is 4.74 Å². The quantitative estimate of drug-likeness (QED) is 0.369. The minimum atomic E-state index is -4.73. The number of anilines is 1. The summed E-state index contributed by atoms with van der Waals surface area (Å²) in [6.07, 6.45) is 1.82. The van der Waals surface area contributed by atoms with Crippen LogP contribution in [-0.4, -0.2) is 35.5 Å². The summed E-state index contributed by atoms with van der Waals surface area (Å²) in [6, 6.07) is 1.96. The molecule has 0 saturated heterocycles. The number of nitro benzene ring substituents is 1. The van der Waals surface area contributed by atoms with Crippen molar-refractivity contribution < 1.29 is 32.4 Å². The molecule has 0 aliphatic heterocycles. The summed E-state index contributed by atoms with van der Waals surface area (Å²) in [6.45, 7) is -1.01. The van der Waals surface area contributed by atoms with Gasteiger partial charge < -0.3 is 15.4 Å². The highest BCUT2D eigenvalue weighted by Gasteiger charge is 2.51. The molecule has 0 atom stereocenters. The fraction of sp³-hybridized carbons (Fsp3) is 0.619. The highest BCUT2D eigenvalue weighted by Crippen LogP contribution is 2.55. The van der Waals surface area contributed by atoms with Crippen LogP contribution in [0.3, 0.4) is 0 Å². The second kappa shape index (κ2) is 8.25. The lowest BCUT2D eigenvalue weighted by molar-refractivity contribution is -0.384. The first-order valence-electron chi connectivity index (χ1n) is 10.6.